The molecule has 10 rings (SSSR count). The van der Waals surface area contributed by atoms with E-state index >= 15 is 0 Å². The van der Waals surface area contributed by atoms with E-state index in [0.29, 0.717) is 0 Å². The zero-order valence-corrected chi connectivity index (χ0v) is 24.0. The fourth-order valence-corrected chi connectivity index (χ4v) is 8.39. The van der Waals surface area contributed by atoms with E-state index in [4.69, 9.17) is 0 Å². The lowest BCUT2D eigenvalue weighted by Crippen LogP contribution is -2.25. The van der Waals surface area contributed by atoms with E-state index in [1.807, 2.05) is 0 Å². The predicted molar refractivity (Wildman–Crippen MR) is 185 cm³/mol. The molecule has 44 heavy (non-hydrogen) atoms. The minimum atomic E-state index is -0.338. The van der Waals surface area contributed by atoms with Gasteiger partial charge < -0.3 is 5.32 Å². The number of hydrogen-bond acceptors (Lipinski definition) is 1. The maximum absolute atomic E-state index is 3.90. The fraction of sp³-hybridized carbons (Fsp3) is 0.0233. The molecule has 204 valence electrons. The van der Waals surface area contributed by atoms with Crippen molar-refractivity contribution in [2.75, 3.05) is 5.32 Å². The second kappa shape index (κ2) is 8.69. The highest BCUT2D eigenvalue weighted by Crippen LogP contribution is 2.63. The molecule has 1 nitrogen and oxygen atoms in total. The van der Waals surface area contributed by atoms with E-state index in [1.54, 1.807) is 0 Å². The molecule has 2 aliphatic rings. The summed E-state index contributed by atoms with van der Waals surface area (Å²) in [5.74, 6) is 0. The van der Waals surface area contributed by atoms with Gasteiger partial charge in [0.15, 0.2) is 0 Å². The van der Waals surface area contributed by atoms with Crippen LogP contribution in [0.1, 0.15) is 22.3 Å². The fourth-order valence-electron chi connectivity index (χ4n) is 8.39. The lowest BCUT2D eigenvalue weighted by Gasteiger charge is -2.30. The van der Waals surface area contributed by atoms with Crippen molar-refractivity contribution in [3.8, 4) is 22.3 Å². The number of rotatable bonds is 2. The van der Waals surface area contributed by atoms with Crippen LogP contribution in [0.5, 0.6) is 0 Å². The normalized spacial score (nSPS) is 13.6. The molecule has 0 radical (unpaired) electrons. The molecule has 0 amide bonds. The van der Waals surface area contributed by atoms with E-state index in [-0.39, 0.29) is 5.41 Å². The first-order valence-corrected chi connectivity index (χ1v) is 15.4. The van der Waals surface area contributed by atoms with Crippen LogP contribution in [-0.4, -0.2) is 0 Å². The summed E-state index contributed by atoms with van der Waals surface area (Å²) in [6.45, 7) is 0. The molecule has 0 aliphatic heterocycles. The van der Waals surface area contributed by atoms with Crippen molar-refractivity contribution in [2.24, 2.45) is 0 Å². The summed E-state index contributed by atoms with van der Waals surface area (Å²) < 4.78 is 0. The quantitative estimate of drug-likeness (QED) is 0.208. The highest BCUT2D eigenvalue weighted by atomic mass is 14.9. The zero-order valence-electron chi connectivity index (χ0n) is 24.0. The molecule has 8 aromatic carbocycles. The Kier molecular flexibility index (Phi) is 4.71. The van der Waals surface area contributed by atoms with Crippen LogP contribution in [0.3, 0.4) is 0 Å². The molecule has 0 bridgehead atoms. The van der Waals surface area contributed by atoms with Crippen LogP contribution in [0.4, 0.5) is 11.4 Å². The van der Waals surface area contributed by atoms with Gasteiger partial charge in [0, 0.05) is 16.9 Å². The van der Waals surface area contributed by atoms with E-state index < -0.39 is 0 Å². The van der Waals surface area contributed by atoms with Gasteiger partial charge in [0.05, 0.1) is 5.41 Å². The molecule has 0 unspecified atom stereocenters. The molecule has 8 aromatic rings. The van der Waals surface area contributed by atoms with Gasteiger partial charge in [-0.3, -0.25) is 0 Å². The van der Waals surface area contributed by atoms with E-state index in [9.17, 15) is 0 Å². The third-order valence-corrected chi connectivity index (χ3v) is 10.0. The maximum Gasteiger partial charge on any atom is 0.0726 e. The Labute approximate surface area is 256 Å². The van der Waals surface area contributed by atoms with Crippen molar-refractivity contribution < 1.29 is 0 Å². The predicted octanol–water partition coefficient (Wildman–Crippen LogP) is 11.2. The Morgan fingerprint density at radius 3 is 1.41 bits per heavy atom. The number of hydrogen-bond donors (Lipinski definition) is 1. The van der Waals surface area contributed by atoms with Gasteiger partial charge in [0.2, 0.25) is 0 Å². The lowest BCUT2D eigenvalue weighted by atomic mass is 9.70. The molecule has 1 heteroatoms. The molecular formula is C43H27N. The van der Waals surface area contributed by atoms with E-state index in [2.05, 4.69) is 163 Å². The molecule has 0 saturated carbocycles. The summed E-state index contributed by atoms with van der Waals surface area (Å²) in [4.78, 5) is 0. The molecule has 1 N–H and O–H groups in total. The molecule has 1 spiro atoms. The van der Waals surface area contributed by atoms with Gasteiger partial charge in [-0.15, -0.1) is 0 Å². The molecule has 0 aromatic heterocycles. The average Bonchev–Trinajstić information content (AvgIpc) is 3.57. The van der Waals surface area contributed by atoms with Crippen LogP contribution in [0.15, 0.2) is 158 Å². The number of fused-ring (bicyclic) bond motifs is 16. The maximum atomic E-state index is 3.90. The molecular weight excluding hydrogens is 530 g/mol. The van der Waals surface area contributed by atoms with Gasteiger partial charge in [0.1, 0.15) is 0 Å². The topological polar surface area (TPSA) is 12.0 Å². The summed E-state index contributed by atoms with van der Waals surface area (Å²) in [6.07, 6.45) is 0. The largest absolute Gasteiger partial charge is 0.355 e. The van der Waals surface area contributed by atoms with Gasteiger partial charge in [-0.1, -0.05) is 140 Å². The minimum Gasteiger partial charge on any atom is -0.355 e. The van der Waals surface area contributed by atoms with Crippen molar-refractivity contribution in [3.63, 3.8) is 0 Å². The smallest absolute Gasteiger partial charge is 0.0726 e. The van der Waals surface area contributed by atoms with E-state index in [1.165, 1.54) is 76.8 Å². The van der Waals surface area contributed by atoms with Gasteiger partial charge >= 0.3 is 0 Å². The van der Waals surface area contributed by atoms with Crippen molar-refractivity contribution in [1.82, 2.24) is 0 Å². The van der Waals surface area contributed by atoms with Crippen molar-refractivity contribution in [2.45, 2.75) is 5.41 Å². The number of anilines is 2. The monoisotopic (exact) mass is 557 g/mol. The van der Waals surface area contributed by atoms with Crippen LogP contribution in [0, 0.1) is 0 Å². The summed E-state index contributed by atoms with van der Waals surface area (Å²) in [7, 11) is 0. The first-order chi connectivity index (χ1) is 21.8. The average molecular weight is 558 g/mol. The van der Waals surface area contributed by atoms with Crippen molar-refractivity contribution in [1.29, 1.82) is 0 Å². The van der Waals surface area contributed by atoms with Crippen LogP contribution >= 0.6 is 0 Å². The molecule has 2 aliphatic carbocycles. The molecule has 0 saturated heterocycles. The SMILES string of the molecule is c1ccc2c(c1)-c1ccccc1C21c2ccccc2-c2c(Nc3ccc4c5ccccc5c5ccccc5c4c3)cccc21. The second-order valence-electron chi connectivity index (χ2n) is 12.1. The van der Waals surface area contributed by atoms with Crippen LogP contribution in [0.2, 0.25) is 0 Å². The third kappa shape index (κ3) is 2.94. The van der Waals surface area contributed by atoms with Gasteiger partial charge in [-0.05, 0) is 89.5 Å². The Morgan fingerprint density at radius 2 is 0.795 bits per heavy atom. The Bertz CT molecular complexity index is 2400. The summed E-state index contributed by atoms with van der Waals surface area (Å²) in [5.41, 5.74) is 12.6. The number of nitrogens with one attached hydrogen (secondary N) is 1. The molecule has 0 heterocycles. The first kappa shape index (κ1) is 23.9. The first-order valence-electron chi connectivity index (χ1n) is 15.4. The second-order valence-corrected chi connectivity index (χ2v) is 12.1. The van der Waals surface area contributed by atoms with Crippen molar-refractivity contribution in [3.05, 3.63) is 180 Å². The molecule has 0 atom stereocenters. The third-order valence-electron chi connectivity index (χ3n) is 10.0. The van der Waals surface area contributed by atoms with Crippen molar-refractivity contribution >= 4 is 43.7 Å². The minimum absolute atomic E-state index is 0.338. The standard InChI is InChI=1S/C43H27N/c1-2-14-30-28(12-1)29-13-3-4-15-31(29)36-26-27(24-25-32(30)36)44-41-23-11-22-40-42(41)35-18-7-10-21-39(35)43(40)37-19-8-5-16-33(37)34-17-6-9-20-38(34)43/h1-26,44H. The summed E-state index contributed by atoms with van der Waals surface area (Å²) in [5, 5.41) is 11.6. The van der Waals surface area contributed by atoms with E-state index in [0.717, 1.165) is 11.4 Å². The van der Waals surface area contributed by atoms with Gasteiger partial charge in [0.25, 0.3) is 0 Å². The Hall–Kier alpha value is -5.66. The zero-order chi connectivity index (χ0) is 28.8. The highest BCUT2D eigenvalue weighted by molar-refractivity contribution is 6.25. The van der Waals surface area contributed by atoms with Gasteiger partial charge in [-0.2, -0.15) is 0 Å². The van der Waals surface area contributed by atoms with Gasteiger partial charge in [-0.25, -0.2) is 0 Å². The Morgan fingerprint density at radius 1 is 0.341 bits per heavy atom. The summed E-state index contributed by atoms with van der Waals surface area (Å²) >= 11 is 0. The van der Waals surface area contributed by atoms with Crippen LogP contribution < -0.4 is 5.32 Å². The Balaban J connectivity index is 1.21. The lowest BCUT2D eigenvalue weighted by molar-refractivity contribution is 0.794. The summed E-state index contributed by atoms with van der Waals surface area (Å²) in [6, 6.07) is 58.2. The van der Waals surface area contributed by atoms with Crippen LogP contribution in [0.25, 0.3) is 54.6 Å². The highest BCUT2D eigenvalue weighted by Gasteiger charge is 2.51. The number of benzene rings is 8. The van der Waals surface area contributed by atoms with Crippen LogP contribution in [-0.2, 0) is 5.41 Å². The molecule has 0 fully saturated rings.